The van der Waals surface area contributed by atoms with Gasteiger partial charge in [-0.3, -0.25) is 4.79 Å². The van der Waals surface area contributed by atoms with Gasteiger partial charge in [0.1, 0.15) is 24.0 Å². The number of esters is 1. The summed E-state index contributed by atoms with van der Waals surface area (Å²) in [6, 6.07) is 18.4. The maximum absolute atomic E-state index is 12.3. The molecule has 1 amide bonds. The molecule has 2 aromatic carbocycles. The summed E-state index contributed by atoms with van der Waals surface area (Å²) in [7, 11) is 1.90. The summed E-state index contributed by atoms with van der Waals surface area (Å²) in [5.41, 5.74) is 8.62. The van der Waals surface area contributed by atoms with E-state index in [1.807, 2.05) is 60.5 Å². The van der Waals surface area contributed by atoms with Crippen LogP contribution in [0.5, 0.6) is 5.88 Å². The van der Waals surface area contributed by atoms with Gasteiger partial charge >= 0.3 is 12.1 Å². The fraction of sp³-hybridized carbons (Fsp3) is 0.273. The normalized spacial score (nSPS) is 11.4. The van der Waals surface area contributed by atoms with Gasteiger partial charge in [0, 0.05) is 30.7 Å². The van der Waals surface area contributed by atoms with E-state index in [1.54, 1.807) is 26.8 Å². The minimum Gasteiger partial charge on any atom is -0.473 e. The summed E-state index contributed by atoms with van der Waals surface area (Å²) in [6.45, 7) is 13.8. The summed E-state index contributed by atoms with van der Waals surface area (Å²) in [6.07, 6.45) is 0.900. The summed E-state index contributed by atoms with van der Waals surface area (Å²) < 4.78 is 16.3. The first-order valence-electron chi connectivity index (χ1n) is 14.2. The van der Waals surface area contributed by atoms with E-state index < -0.39 is 17.7 Å². The minimum atomic E-state index is -0.702. The Hall–Kier alpha value is -5.41. The lowest BCUT2D eigenvalue weighted by Gasteiger charge is -2.20. The highest BCUT2D eigenvalue weighted by molar-refractivity contribution is 6.29. The van der Waals surface area contributed by atoms with Crippen molar-refractivity contribution >= 4 is 52.3 Å². The molecule has 0 saturated heterocycles. The number of fused-ring (bicyclic) bond motifs is 1. The first kappa shape index (κ1) is 33.5. The number of nitrogens with zero attached hydrogens (tertiary/aromatic N) is 5. The second-order valence-corrected chi connectivity index (χ2v) is 11.5. The molecular formula is C33H34ClN7O5. The Balaban J connectivity index is 1.22. The largest absolute Gasteiger partial charge is 0.473 e. The molecule has 0 bridgehead atoms. The second-order valence-electron chi connectivity index (χ2n) is 11.2. The molecule has 3 N–H and O–H groups in total. The van der Waals surface area contributed by atoms with Crippen molar-refractivity contribution in [2.75, 3.05) is 30.8 Å². The van der Waals surface area contributed by atoms with Crippen LogP contribution in [0, 0.1) is 6.57 Å². The lowest BCUT2D eigenvalue weighted by atomic mass is 10.1. The Bertz CT molecular complexity index is 1760. The van der Waals surface area contributed by atoms with Crippen LogP contribution in [0.4, 0.5) is 16.4 Å². The molecule has 2 aromatic heterocycles. The quantitative estimate of drug-likeness (QED) is 0.0889. The molecule has 4 rings (SSSR count). The topological polar surface area (TPSA) is 146 Å². The highest BCUT2D eigenvalue weighted by atomic mass is 35.5. The molecule has 2 heterocycles. The molecule has 0 atom stereocenters. The molecule has 0 unspecified atom stereocenters. The highest BCUT2D eigenvalue weighted by Crippen LogP contribution is 2.22. The van der Waals surface area contributed by atoms with Gasteiger partial charge in [-0.15, -0.1) is 0 Å². The van der Waals surface area contributed by atoms with Crippen molar-refractivity contribution in [3.05, 3.63) is 99.8 Å². The number of carbonyl (C=O) groups excluding carboxylic acids is 2. The number of halogens is 1. The fourth-order valence-corrected chi connectivity index (χ4v) is 4.26. The zero-order chi connectivity index (χ0) is 33.3. The van der Waals surface area contributed by atoms with Crippen LogP contribution in [0.3, 0.4) is 0 Å². The summed E-state index contributed by atoms with van der Waals surface area (Å²) in [5, 5.41) is 3.83. The van der Waals surface area contributed by atoms with Crippen LogP contribution >= 0.6 is 11.6 Å². The van der Waals surface area contributed by atoms with Gasteiger partial charge in [0.05, 0.1) is 24.3 Å². The molecule has 0 aliphatic carbocycles. The maximum atomic E-state index is 12.3. The van der Waals surface area contributed by atoms with E-state index >= 15 is 0 Å². The van der Waals surface area contributed by atoms with E-state index in [9.17, 15) is 9.59 Å². The number of benzene rings is 2. The Morgan fingerprint density at radius 1 is 1.04 bits per heavy atom. The number of ether oxygens (including phenoxy) is 3. The van der Waals surface area contributed by atoms with Crippen molar-refractivity contribution in [2.45, 2.75) is 39.5 Å². The van der Waals surface area contributed by atoms with Gasteiger partial charge in [-0.1, -0.05) is 41.9 Å². The van der Waals surface area contributed by atoms with E-state index in [4.69, 9.17) is 38.1 Å². The van der Waals surface area contributed by atoms with Crippen LogP contribution in [0.1, 0.15) is 37.6 Å². The Morgan fingerprint density at radius 3 is 2.48 bits per heavy atom. The Labute approximate surface area is 272 Å². The van der Waals surface area contributed by atoms with Crippen LogP contribution < -0.4 is 20.7 Å². The van der Waals surface area contributed by atoms with Gasteiger partial charge in [0.25, 0.3) is 5.70 Å². The number of aromatic nitrogens is 3. The van der Waals surface area contributed by atoms with Crippen molar-refractivity contribution in [2.24, 2.45) is 0 Å². The molecule has 238 valence electrons. The minimum absolute atomic E-state index is 0.0360. The number of anilines is 2. The number of likely N-dealkylation sites (N-methyl/N-ethyl adjacent to an activating group) is 1. The third kappa shape index (κ3) is 10.1. The summed E-state index contributed by atoms with van der Waals surface area (Å²) >= 11 is 5.87. The zero-order valence-electron chi connectivity index (χ0n) is 25.9. The van der Waals surface area contributed by atoms with Crippen molar-refractivity contribution in [3.63, 3.8) is 0 Å². The third-order valence-electron chi connectivity index (χ3n) is 6.34. The molecule has 12 nitrogen and oxygen atoms in total. The zero-order valence-corrected chi connectivity index (χ0v) is 26.7. The number of rotatable bonds is 11. The molecule has 46 heavy (non-hydrogen) atoms. The molecule has 13 heteroatoms. The smallest absolute Gasteiger partial charge is 0.407 e. The summed E-state index contributed by atoms with van der Waals surface area (Å²) in [4.78, 5) is 42.2. The monoisotopic (exact) mass is 643 g/mol. The molecular weight excluding hydrogens is 610 g/mol. The predicted octanol–water partition coefficient (Wildman–Crippen LogP) is 5.80. The summed E-state index contributed by atoms with van der Waals surface area (Å²) in [5.74, 6) is -0.369. The number of nitrogen functional groups attached to an aromatic ring is 1. The van der Waals surface area contributed by atoms with Gasteiger partial charge in [-0.05, 0) is 62.2 Å². The van der Waals surface area contributed by atoms with Crippen LogP contribution in [-0.2, 0) is 27.4 Å². The molecule has 0 spiro atoms. The molecule has 4 aromatic rings. The SMILES string of the molecule is [C-]#[N+]/C(=C\c1ccc2cc(N(C)CCOC(=O)NCc3ccc(COc4cc(Cl)nc(N)n4)cc3)ccc2n1)C(=O)OC(C)(C)C. The average molecular weight is 644 g/mol. The number of nitrogens with two attached hydrogens (primary N) is 1. The molecule has 0 aliphatic rings. The molecule has 0 fully saturated rings. The van der Waals surface area contributed by atoms with Gasteiger partial charge in [0.15, 0.2) is 0 Å². The number of hydrogen-bond acceptors (Lipinski definition) is 10. The van der Waals surface area contributed by atoms with E-state index in [0.717, 1.165) is 22.2 Å². The van der Waals surface area contributed by atoms with E-state index in [1.165, 1.54) is 12.1 Å². The Kier molecular flexibility index (Phi) is 11.0. The van der Waals surface area contributed by atoms with Crippen molar-refractivity contribution in [3.8, 4) is 5.88 Å². The Morgan fingerprint density at radius 2 is 1.78 bits per heavy atom. The first-order valence-corrected chi connectivity index (χ1v) is 14.6. The lowest BCUT2D eigenvalue weighted by Crippen LogP contribution is -2.28. The highest BCUT2D eigenvalue weighted by Gasteiger charge is 2.20. The standard InChI is InChI=1S/C33H34ClN7O5/c1-33(2,3)46-30(42)27(36-4)17-24-11-10-23-16-25(12-13-26(23)38-24)41(5)14-15-44-32(43)37-19-21-6-8-22(9-7-21)20-45-29-18-28(34)39-31(35)40-29/h6-13,16-18H,14-15,19-20H2,1-3,5H3,(H,37,43)(H2,35,39,40)/b27-17-. The number of nitrogens with one attached hydrogen (secondary N) is 1. The third-order valence-corrected chi connectivity index (χ3v) is 6.54. The molecule has 0 radical (unpaired) electrons. The number of hydrogen-bond donors (Lipinski definition) is 2. The van der Waals surface area contributed by atoms with E-state index in [2.05, 4.69) is 25.1 Å². The lowest BCUT2D eigenvalue weighted by molar-refractivity contribution is -0.149. The number of carbonyl (C=O) groups is 2. The number of alkyl carbamates (subject to hydrolysis) is 1. The predicted molar refractivity (Wildman–Crippen MR) is 176 cm³/mol. The van der Waals surface area contributed by atoms with Gasteiger partial charge in [0.2, 0.25) is 11.8 Å². The van der Waals surface area contributed by atoms with Crippen LogP contribution in [0.2, 0.25) is 5.15 Å². The first-order chi connectivity index (χ1) is 21.9. The van der Waals surface area contributed by atoms with Crippen LogP contribution in [0.15, 0.2) is 66.4 Å². The van der Waals surface area contributed by atoms with Crippen LogP contribution in [0.25, 0.3) is 21.8 Å². The van der Waals surface area contributed by atoms with Crippen LogP contribution in [-0.4, -0.2) is 52.8 Å². The van der Waals surface area contributed by atoms with Gasteiger partial charge < -0.3 is 30.2 Å². The fourth-order valence-electron chi connectivity index (χ4n) is 4.08. The van der Waals surface area contributed by atoms with E-state index in [-0.39, 0.29) is 35.9 Å². The molecule has 0 saturated carbocycles. The number of amides is 1. The maximum Gasteiger partial charge on any atom is 0.407 e. The van der Waals surface area contributed by atoms with Crippen molar-refractivity contribution in [1.29, 1.82) is 0 Å². The average Bonchev–Trinajstić information content (AvgIpc) is 3.00. The second kappa shape index (κ2) is 15.0. The molecule has 0 aliphatic heterocycles. The van der Waals surface area contributed by atoms with Crippen molar-refractivity contribution < 1.29 is 23.8 Å². The van der Waals surface area contributed by atoms with E-state index in [0.29, 0.717) is 24.3 Å². The van der Waals surface area contributed by atoms with Crippen molar-refractivity contribution in [1.82, 2.24) is 20.3 Å². The number of pyridine rings is 1. The van der Waals surface area contributed by atoms with Gasteiger partial charge in [-0.25, -0.2) is 19.6 Å². The van der Waals surface area contributed by atoms with Gasteiger partial charge in [-0.2, -0.15) is 4.98 Å².